The highest BCUT2D eigenvalue weighted by molar-refractivity contribution is 7.99. The first-order valence-electron chi connectivity index (χ1n) is 9.07. The fourth-order valence-electron chi connectivity index (χ4n) is 2.91. The Balaban J connectivity index is 1.22. The molecule has 0 saturated carbocycles. The van der Waals surface area contributed by atoms with Crippen LogP contribution in [-0.2, 0) is 0 Å². The Hall–Kier alpha value is -2.18. The normalized spacial score (nSPS) is 11.3. The van der Waals surface area contributed by atoms with Gasteiger partial charge in [0.1, 0.15) is 22.7 Å². The Bertz CT molecular complexity index is 945. The summed E-state index contributed by atoms with van der Waals surface area (Å²) >= 11 is 3.66. The van der Waals surface area contributed by atoms with Crippen LogP contribution in [0.15, 0.2) is 71.2 Å². The van der Waals surface area contributed by atoms with Crippen molar-refractivity contribution in [2.45, 2.75) is 29.3 Å². The Labute approximate surface area is 167 Å². The summed E-state index contributed by atoms with van der Waals surface area (Å²) in [7, 11) is 0. The van der Waals surface area contributed by atoms with Crippen LogP contribution in [0.2, 0.25) is 0 Å². The van der Waals surface area contributed by atoms with Crippen molar-refractivity contribution in [3.05, 3.63) is 61.2 Å². The summed E-state index contributed by atoms with van der Waals surface area (Å²) in [5.74, 6) is 2.17. The molecular formula is C21H20N4S2. The first-order valence-corrected chi connectivity index (χ1v) is 11.0. The number of fused-ring (bicyclic) bond motifs is 2. The number of unbranched alkanes of at least 4 members (excludes halogenated alkanes) is 2. The van der Waals surface area contributed by atoms with Gasteiger partial charge >= 0.3 is 0 Å². The zero-order chi connectivity index (χ0) is 18.3. The van der Waals surface area contributed by atoms with E-state index in [1.54, 1.807) is 12.7 Å². The van der Waals surface area contributed by atoms with E-state index < -0.39 is 0 Å². The number of nitrogens with zero attached hydrogens (tertiary/aromatic N) is 4. The summed E-state index contributed by atoms with van der Waals surface area (Å²) in [4.78, 5) is 17.5. The first kappa shape index (κ1) is 18.2. The van der Waals surface area contributed by atoms with E-state index in [1.807, 2.05) is 59.9 Å². The van der Waals surface area contributed by atoms with Crippen LogP contribution in [0.5, 0.6) is 0 Å². The predicted molar refractivity (Wildman–Crippen MR) is 114 cm³/mol. The lowest BCUT2D eigenvalue weighted by Crippen LogP contribution is -1.90. The van der Waals surface area contributed by atoms with Gasteiger partial charge in [0, 0.05) is 10.8 Å². The van der Waals surface area contributed by atoms with Gasteiger partial charge in [0.2, 0.25) is 0 Å². The topological polar surface area (TPSA) is 51.6 Å². The number of thioether (sulfide) groups is 2. The van der Waals surface area contributed by atoms with Gasteiger partial charge in [0.15, 0.2) is 0 Å². The third-order valence-electron chi connectivity index (χ3n) is 4.28. The molecule has 0 amide bonds. The van der Waals surface area contributed by atoms with Crippen molar-refractivity contribution in [3.63, 3.8) is 0 Å². The van der Waals surface area contributed by atoms with Crippen LogP contribution in [0, 0.1) is 0 Å². The summed E-state index contributed by atoms with van der Waals surface area (Å²) in [5, 5.41) is 4.47. The molecule has 4 rings (SSSR count). The van der Waals surface area contributed by atoms with Crippen LogP contribution in [0.25, 0.3) is 21.8 Å². The molecule has 4 nitrogen and oxygen atoms in total. The Kier molecular flexibility index (Phi) is 6.17. The van der Waals surface area contributed by atoms with Gasteiger partial charge in [-0.05, 0) is 36.5 Å². The standard InChI is InChI=1S/C21H20N4S2/c1(6-12-26-20-16-8-2-4-10-18(16)22-14-24-20)7-13-27-21-17-9-3-5-11-19(17)23-15-25-21/h2-5,8-11,14-15H,1,6-7,12-13H2. The first-order chi connectivity index (χ1) is 13.4. The lowest BCUT2D eigenvalue weighted by Gasteiger charge is -2.06. The van der Waals surface area contributed by atoms with Crippen molar-refractivity contribution in [1.82, 2.24) is 19.9 Å². The number of rotatable bonds is 8. The largest absolute Gasteiger partial charge is 0.236 e. The van der Waals surface area contributed by atoms with Gasteiger partial charge in [-0.25, -0.2) is 19.9 Å². The monoisotopic (exact) mass is 392 g/mol. The van der Waals surface area contributed by atoms with Crippen molar-refractivity contribution in [2.24, 2.45) is 0 Å². The summed E-state index contributed by atoms with van der Waals surface area (Å²) in [6.45, 7) is 0. The lowest BCUT2D eigenvalue weighted by atomic mass is 10.2. The van der Waals surface area contributed by atoms with E-state index in [1.165, 1.54) is 19.3 Å². The molecule has 0 aliphatic heterocycles. The lowest BCUT2D eigenvalue weighted by molar-refractivity contribution is 0.784. The molecule has 6 heteroatoms. The van der Waals surface area contributed by atoms with Crippen LogP contribution in [0.3, 0.4) is 0 Å². The third kappa shape index (κ3) is 4.57. The van der Waals surface area contributed by atoms with Crippen LogP contribution in [-0.4, -0.2) is 31.4 Å². The molecule has 2 heterocycles. The molecule has 0 spiro atoms. The highest BCUT2D eigenvalue weighted by Gasteiger charge is 2.05. The van der Waals surface area contributed by atoms with E-state index in [9.17, 15) is 0 Å². The molecule has 2 aromatic carbocycles. The maximum atomic E-state index is 4.44. The van der Waals surface area contributed by atoms with Crippen LogP contribution >= 0.6 is 23.5 Å². The van der Waals surface area contributed by atoms with Crippen molar-refractivity contribution in [1.29, 1.82) is 0 Å². The second-order valence-corrected chi connectivity index (χ2v) is 8.32. The highest BCUT2D eigenvalue weighted by Crippen LogP contribution is 2.27. The third-order valence-corrected chi connectivity index (χ3v) is 6.46. The molecule has 4 aromatic rings. The Morgan fingerprint density at radius 2 is 1.04 bits per heavy atom. The minimum Gasteiger partial charge on any atom is -0.236 e. The maximum absolute atomic E-state index is 4.44. The Morgan fingerprint density at radius 3 is 1.56 bits per heavy atom. The highest BCUT2D eigenvalue weighted by atomic mass is 32.2. The number of hydrogen-bond donors (Lipinski definition) is 0. The average Bonchev–Trinajstić information content (AvgIpc) is 2.73. The van der Waals surface area contributed by atoms with Crippen molar-refractivity contribution >= 4 is 45.3 Å². The molecule has 0 aliphatic rings. The maximum Gasteiger partial charge on any atom is 0.117 e. The van der Waals surface area contributed by atoms with Crippen molar-refractivity contribution in [3.8, 4) is 0 Å². The second-order valence-electron chi connectivity index (χ2n) is 6.15. The zero-order valence-corrected chi connectivity index (χ0v) is 16.5. The number of aromatic nitrogens is 4. The smallest absolute Gasteiger partial charge is 0.117 e. The summed E-state index contributed by atoms with van der Waals surface area (Å²) in [5.41, 5.74) is 2.03. The molecule has 0 aliphatic carbocycles. The fraction of sp³-hybridized carbons (Fsp3) is 0.238. The molecule has 0 atom stereocenters. The molecule has 0 bridgehead atoms. The van der Waals surface area contributed by atoms with E-state index in [0.717, 1.165) is 43.4 Å². The summed E-state index contributed by atoms with van der Waals surface area (Å²) < 4.78 is 0. The van der Waals surface area contributed by atoms with Gasteiger partial charge in [0.05, 0.1) is 11.0 Å². The molecular weight excluding hydrogens is 372 g/mol. The van der Waals surface area contributed by atoms with Crippen molar-refractivity contribution < 1.29 is 0 Å². The number of para-hydroxylation sites is 2. The molecule has 136 valence electrons. The number of hydrogen-bond acceptors (Lipinski definition) is 6. The van der Waals surface area contributed by atoms with E-state index in [4.69, 9.17) is 0 Å². The number of benzene rings is 2. The minimum absolute atomic E-state index is 1.02. The van der Waals surface area contributed by atoms with Gasteiger partial charge in [-0.15, -0.1) is 23.5 Å². The second kappa shape index (κ2) is 9.15. The zero-order valence-electron chi connectivity index (χ0n) is 14.9. The average molecular weight is 393 g/mol. The van der Waals surface area contributed by atoms with Gasteiger partial charge < -0.3 is 0 Å². The van der Waals surface area contributed by atoms with Gasteiger partial charge in [-0.1, -0.05) is 42.8 Å². The molecule has 0 radical (unpaired) electrons. The van der Waals surface area contributed by atoms with E-state index in [0.29, 0.717) is 0 Å². The van der Waals surface area contributed by atoms with Crippen molar-refractivity contribution in [2.75, 3.05) is 11.5 Å². The molecule has 0 fully saturated rings. The molecule has 27 heavy (non-hydrogen) atoms. The molecule has 0 saturated heterocycles. The quantitative estimate of drug-likeness (QED) is 0.220. The summed E-state index contributed by atoms with van der Waals surface area (Å²) in [6, 6.07) is 16.4. The fourth-order valence-corrected chi connectivity index (χ4v) is 4.89. The summed E-state index contributed by atoms with van der Waals surface area (Å²) in [6.07, 6.45) is 6.91. The predicted octanol–water partition coefficient (Wildman–Crippen LogP) is 5.63. The Morgan fingerprint density at radius 1 is 0.556 bits per heavy atom. The van der Waals surface area contributed by atoms with E-state index in [-0.39, 0.29) is 0 Å². The molecule has 0 N–H and O–H groups in total. The van der Waals surface area contributed by atoms with Gasteiger partial charge in [0.25, 0.3) is 0 Å². The van der Waals surface area contributed by atoms with E-state index >= 15 is 0 Å². The van der Waals surface area contributed by atoms with Crippen LogP contribution in [0.1, 0.15) is 19.3 Å². The van der Waals surface area contributed by atoms with E-state index in [2.05, 4.69) is 32.1 Å². The minimum atomic E-state index is 1.02. The SMILES string of the molecule is c1ccc2c(SCCCCCSc3ncnc4ccccc34)ncnc2c1. The van der Waals surface area contributed by atoms with Gasteiger partial charge in [-0.3, -0.25) is 0 Å². The van der Waals surface area contributed by atoms with Crippen LogP contribution in [0.4, 0.5) is 0 Å². The molecule has 2 aromatic heterocycles. The molecule has 0 unspecified atom stereocenters. The van der Waals surface area contributed by atoms with Crippen LogP contribution < -0.4 is 0 Å². The van der Waals surface area contributed by atoms with Gasteiger partial charge in [-0.2, -0.15) is 0 Å².